The van der Waals surface area contributed by atoms with Crippen LogP contribution in [0.4, 0.5) is 0 Å². The van der Waals surface area contributed by atoms with Gasteiger partial charge in [0.2, 0.25) is 5.91 Å². The van der Waals surface area contributed by atoms with E-state index in [9.17, 15) is 14.7 Å². The van der Waals surface area contributed by atoms with Crippen molar-refractivity contribution in [1.29, 1.82) is 0 Å². The Hall–Kier alpha value is -1.68. The van der Waals surface area contributed by atoms with Gasteiger partial charge in [0, 0.05) is 26.4 Å². The first-order valence-electron chi connectivity index (χ1n) is 9.89. The van der Waals surface area contributed by atoms with Crippen LogP contribution in [0.5, 0.6) is 0 Å². The Balaban J connectivity index is 2.36. The van der Waals surface area contributed by atoms with Crippen molar-refractivity contribution >= 4 is 11.7 Å². The lowest BCUT2D eigenvalue weighted by molar-refractivity contribution is -0.128. The van der Waals surface area contributed by atoms with E-state index < -0.39 is 6.10 Å². The fraction of sp³-hybridized carbons (Fsp3) is 0.636. The summed E-state index contributed by atoms with van der Waals surface area (Å²) in [4.78, 5) is 25.2. The number of hydrogen-bond acceptors (Lipinski definition) is 3. The van der Waals surface area contributed by atoms with E-state index in [1.54, 1.807) is 31.1 Å². The smallest absolute Gasteiger partial charge is 0.222 e. The van der Waals surface area contributed by atoms with Crippen LogP contribution >= 0.6 is 0 Å². The van der Waals surface area contributed by atoms with Crippen LogP contribution < -0.4 is 0 Å². The standard InChI is InChI=1S/C22H35NO3/c1-4-5-8-12-19(24)15-16-20-18(14-17-21(20)25)11-9-6-7-10-13-22(26)23(2)3/h6,9,14-20,24H,4-5,7-8,10-13H2,1-3H3/b9-6-,16-15+/t18-,19-,20+/m0/s1. The maximum Gasteiger partial charge on any atom is 0.222 e. The number of amides is 1. The van der Waals surface area contributed by atoms with Crippen molar-refractivity contribution in [3.63, 3.8) is 0 Å². The minimum absolute atomic E-state index is 0.122. The zero-order valence-corrected chi connectivity index (χ0v) is 16.6. The van der Waals surface area contributed by atoms with E-state index in [0.717, 1.165) is 44.9 Å². The summed E-state index contributed by atoms with van der Waals surface area (Å²) >= 11 is 0. The molecule has 0 bridgehead atoms. The van der Waals surface area contributed by atoms with Gasteiger partial charge in [-0.2, -0.15) is 0 Å². The monoisotopic (exact) mass is 361 g/mol. The average Bonchev–Trinajstić information content (AvgIpc) is 2.95. The Morgan fingerprint density at radius 2 is 2.04 bits per heavy atom. The maximum absolute atomic E-state index is 12.0. The zero-order valence-electron chi connectivity index (χ0n) is 16.6. The summed E-state index contributed by atoms with van der Waals surface area (Å²) in [5, 5.41) is 10.0. The third kappa shape index (κ3) is 8.61. The molecule has 0 spiro atoms. The Bertz CT molecular complexity index is 519. The molecule has 1 aliphatic rings. The largest absolute Gasteiger partial charge is 0.389 e. The molecule has 1 aliphatic carbocycles. The summed E-state index contributed by atoms with van der Waals surface area (Å²) in [5.74, 6) is 0.291. The number of aliphatic hydroxyl groups excluding tert-OH is 1. The van der Waals surface area contributed by atoms with Gasteiger partial charge in [0.25, 0.3) is 0 Å². The predicted octanol–water partition coefficient (Wildman–Crippen LogP) is 4.06. The predicted molar refractivity (Wildman–Crippen MR) is 107 cm³/mol. The molecule has 0 heterocycles. The van der Waals surface area contributed by atoms with Gasteiger partial charge >= 0.3 is 0 Å². The number of nitrogens with zero attached hydrogens (tertiary/aromatic N) is 1. The van der Waals surface area contributed by atoms with E-state index in [2.05, 4.69) is 19.1 Å². The minimum Gasteiger partial charge on any atom is -0.389 e. The molecule has 146 valence electrons. The summed E-state index contributed by atoms with van der Waals surface area (Å²) in [6, 6.07) is 0. The summed E-state index contributed by atoms with van der Waals surface area (Å²) in [7, 11) is 3.55. The van der Waals surface area contributed by atoms with Crippen LogP contribution in [-0.2, 0) is 9.59 Å². The normalized spacial score (nSPS) is 21.2. The second-order valence-corrected chi connectivity index (χ2v) is 7.29. The third-order valence-corrected chi connectivity index (χ3v) is 4.78. The van der Waals surface area contributed by atoms with Gasteiger partial charge < -0.3 is 10.0 Å². The molecule has 0 aromatic carbocycles. The highest BCUT2D eigenvalue weighted by Crippen LogP contribution is 2.27. The van der Waals surface area contributed by atoms with Crippen molar-refractivity contribution in [1.82, 2.24) is 4.90 Å². The van der Waals surface area contributed by atoms with Crippen LogP contribution in [0.1, 0.15) is 58.3 Å². The lowest BCUT2D eigenvalue weighted by atomic mass is 9.90. The van der Waals surface area contributed by atoms with Gasteiger partial charge in [-0.05, 0) is 37.7 Å². The van der Waals surface area contributed by atoms with E-state index in [1.807, 2.05) is 12.2 Å². The Morgan fingerprint density at radius 1 is 1.27 bits per heavy atom. The van der Waals surface area contributed by atoms with Gasteiger partial charge in [-0.1, -0.05) is 56.6 Å². The summed E-state index contributed by atoms with van der Waals surface area (Å²) < 4.78 is 0. The first kappa shape index (κ1) is 22.4. The molecule has 1 amide bonds. The van der Waals surface area contributed by atoms with E-state index >= 15 is 0 Å². The number of allylic oxidation sites excluding steroid dienone is 5. The lowest BCUT2D eigenvalue weighted by Gasteiger charge is -2.13. The van der Waals surface area contributed by atoms with Crippen LogP contribution in [-0.4, -0.2) is 41.9 Å². The molecule has 1 N–H and O–H groups in total. The molecule has 0 unspecified atom stereocenters. The summed E-state index contributed by atoms with van der Waals surface area (Å²) in [6.45, 7) is 2.14. The number of carbonyl (C=O) groups excluding carboxylic acids is 2. The highest BCUT2D eigenvalue weighted by atomic mass is 16.3. The van der Waals surface area contributed by atoms with Crippen molar-refractivity contribution in [3.05, 3.63) is 36.5 Å². The Labute approximate surface area is 158 Å². The van der Waals surface area contributed by atoms with Crippen molar-refractivity contribution in [2.45, 2.75) is 64.4 Å². The highest BCUT2D eigenvalue weighted by Gasteiger charge is 2.26. The molecule has 3 atom stereocenters. The molecule has 26 heavy (non-hydrogen) atoms. The van der Waals surface area contributed by atoms with Crippen molar-refractivity contribution in [3.8, 4) is 0 Å². The van der Waals surface area contributed by atoms with E-state index in [-0.39, 0.29) is 23.5 Å². The van der Waals surface area contributed by atoms with Crippen LogP contribution in [0.2, 0.25) is 0 Å². The van der Waals surface area contributed by atoms with Gasteiger partial charge in [-0.3, -0.25) is 9.59 Å². The molecular weight excluding hydrogens is 326 g/mol. The maximum atomic E-state index is 12.0. The zero-order chi connectivity index (χ0) is 19.4. The fourth-order valence-corrected chi connectivity index (χ4v) is 3.04. The van der Waals surface area contributed by atoms with Crippen molar-refractivity contribution in [2.75, 3.05) is 14.1 Å². The van der Waals surface area contributed by atoms with Gasteiger partial charge in [-0.25, -0.2) is 0 Å². The lowest BCUT2D eigenvalue weighted by Crippen LogP contribution is -2.20. The number of rotatable bonds is 12. The summed E-state index contributed by atoms with van der Waals surface area (Å²) in [5.41, 5.74) is 0. The molecule has 0 fully saturated rings. The fourth-order valence-electron chi connectivity index (χ4n) is 3.04. The first-order chi connectivity index (χ1) is 12.5. The quantitative estimate of drug-likeness (QED) is 0.421. The van der Waals surface area contributed by atoms with Crippen molar-refractivity contribution in [2.24, 2.45) is 11.8 Å². The number of hydrogen-bond donors (Lipinski definition) is 1. The second-order valence-electron chi connectivity index (χ2n) is 7.29. The van der Waals surface area contributed by atoms with E-state index in [0.29, 0.717) is 6.42 Å². The van der Waals surface area contributed by atoms with Crippen molar-refractivity contribution < 1.29 is 14.7 Å². The molecule has 4 nitrogen and oxygen atoms in total. The molecule has 0 aliphatic heterocycles. The molecule has 0 radical (unpaired) electrons. The third-order valence-electron chi connectivity index (χ3n) is 4.78. The molecule has 0 saturated carbocycles. The highest BCUT2D eigenvalue weighted by molar-refractivity contribution is 5.95. The van der Waals surface area contributed by atoms with Gasteiger partial charge in [0.05, 0.1) is 6.10 Å². The van der Waals surface area contributed by atoms with E-state index in [1.165, 1.54) is 0 Å². The molecular formula is C22H35NO3. The average molecular weight is 362 g/mol. The van der Waals surface area contributed by atoms with E-state index in [4.69, 9.17) is 0 Å². The minimum atomic E-state index is -0.458. The number of unbranched alkanes of at least 4 members (excludes halogenated alkanes) is 3. The van der Waals surface area contributed by atoms with Crippen LogP contribution in [0, 0.1) is 11.8 Å². The molecule has 4 heteroatoms. The number of aliphatic hydroxyl groups is 1. The Morgan fingerprint density at radius 3 is 2.73 bits per heavy atom. The first-order valence-corrected chi connectivity index (χ1v) is 9.89. The van der Waals surface area contributed by atoms with Gasteiger partial charge in [-0.15, -0.1) is 0 Å². The summed E-state index contributed by atoms with van der Waals surface area (Å²) in [6.07, 6.45) is 18.2. The van der Waals surface area contributed by atoms with Crippen LogP contribution in [0.25, 0.3) is 0 Å². The number of ketones is 1. The second kappa shape index (κ2) is 12.6. The molecule has 0 saturated heterocycles. The SMILES string of the molecule is CCCCC[C@H](O)/C=C/[C@H]1C(=O)C=C[C@@H]1C/C=C\CCCC(=O)N(C)C. The van der Waals surface area contributed by atoms with Crippen LogP contribution in [0.15, 0.2) is 36.5 Å². The van der Waals surface area contributed by atoms with Crippen LogP contribution in [0.3, 0.4) is 0 Å². The molecule has 0 aromatic heterocycles. The number of carbonyl (C=O) groups is 2. The molecule has 1 rings (SSSR count). The van der Waals surface area contributed by atoms with Gasteiger partial charge in [0.15, 0.2) is 5.78 Å². The molecule has 0 aromatic rings. The van der Waals surface area contributed by atoms with Gasteiger partial charge in [0.1, 0.15) is 0 Å². The topological polar surface area (TPSA) is 57.6 Å². The Kier molecular flexibility index (Phi) is 10.9.